The van der Waals surface area contributed by atoms with Crippen LogP contribution in [0.15, 0.2) is 47.6 Å². The lowest BCUT2D eigenvalue weighted by molar-refractivity contribution is -0.120. The van der Waals surface area contributed by atoms with Crippen LogP contribution in [0.25, 0.3) is 0 Å². The Morgan fingerprint density at radius 3 is 2.58 bits per heavy atom. The van der Waals surface area contributed by atoms with Crippen molar-refractivity contribution >= 4 is 17.8 Å². The van der Waals surface area contributed by atoms with Gasteiger partial charge in [-0.1, -0.05) is 23.4 Å². The molecule has 126 valence electrons. The molecule has 1 amide bonds. The smallest absolute Gasteiger partial charge is 0.265 e. The van der Waals surface area contributed by atoms with E-state index in [0.29, 0.717) is 11.5 Å². The summed E-state index contributed by atoms with van der Waals surface area (Å²) in [4.78, 5) is 16.8. The van der Waals surface area contributed by atoms with Gasteiger partial charge in [0.15, 0.2) is 18.1 Å². The zero-order valence-corrected chi connectivity index (χ0v) is 13.9. The topological polar surface area (TPSA) is 69.2 Å². The Kier molecular flexibility index (Phi) is 6.19. The van der Waals surface area contributed by atoms with E-state index in [2.05, 4.69) is 10.5 Å². The van der Waals surface area contributed by atoms with E-state index in [1.807, 2.05) is 37.3 Å². The van der Waals surface area contributed by atoms with Crippen LogP contribution >= 0.6 is 0 Å². The summed E-state index contributed by atoms with van der Waals surface area (Å²) in [6.07, 6.45) is 1.50. The van der Waals surface area contributed by atoms with Crippen LogP contribution in [0.4, 0.5) is 5.69 Å². The van der Waals surface area contributed by atoms with Gasteiger partial charge in [-0.05, 0) is 36.8 Å². The lowest BCUT2D eigenvalue weighted by Gasteiger charge is -2.08. The molecule has 0 fully saturated rings. The number of oxime groups is 1. The Balaban J connectivity index is 1.86. The van der Waals surface area contributed by atoms with Gasteiger partial charge >= 0.3 is 0 Å². The number of rotatable bonds is 7. The van der Waals surface area contributed by atoms with Crippen molar-refractivity contribution in [2.45, 2.75) is 6.92 Å². The van der Waals surface area contributed by atoms with E-state index < -0.39 is 0 Å². The number of benzene rings is 2. The van der Waals surface area contributed by atoms with Crippen LogP contribution in [-0.2, 0) is 9.63 Å². The Labute approximate surface area is 141 Å². The van der Waals surface area contributed by atoms with Gasteiger partial charge in [0.2, 0.25) is 0 Å². The van der Waals surface area contributed by atoms with E-state index in [-0.39, 0.29) is 12.5 Å². The van der Waals surface area contributed by atoms with Gasteiger partial charge in [0, 0.05) is 11.3 Å². The fourth-order valence-electron chi connectivity index (χ4n) is 2.03. The number of methoxy groups -OCH3 is 2. The Bertz CT molecular complexity index is 729. The molecular weight excluding hydrogens is 308 g/mol. The number of hydrogen-bond acceptors (Lipinski definition) is 5. The summed E-state index contributed by atoms with van der Waals surface area (Å²) in [5.41, 5.74) is 2.52. The fourth-order valence-corrected chi connectivity index (χ4v) is 2.03. The quantitative estimate of drug-likeness (QED) is 0.626. The molecule has 0 aliphatic rings. The number of aryl methyl sites for hydroxylation is 1. The standard InChI is InChI=1S/C18H20N2O4/c1-13-6-4-5-7-15(13)20-18(21)12-24-19-11-14-8-9-16(22-2)17(10-14)23-3/h4-11H,12H2,1-3H3,(H,20,21). The first-order chi connectivity index (χ1) is 11.6. The molecule has 0 aromatic heterocycles. The largest absolute Gasteiger partial charge is 0.493 e. The van der Waals surface area contributed by atoms with E-state index in [9.17, 15) is 4.79 Å². The second kappa shape index (κ2) is 8.57. The van der Waals surface area contributed by atoms with Crippen molar-refractivity contribution in [3.63, 3.8) is 0 Å². The molecule has 0 spiro atoms. The van der Waals surface area contributed by atoms with Crippen LogP contribution in [0, 0.1) is 6.92 Å². The van der Waals surface area contributed by atoms with Crippen molar-refractivity contribution in [1.82, 2.24) is 0 Å². The van der Waals surface area contributed by atoms with Gasteiger partial charge in [-0.25, -0.2) is 0 Å². The lowest BCUT2D eigenvalue weighted by Crippen LogP contribution is -2.17. The minimum Gasteiger partial charge on any atom is -0.493 e. The molecule has 1 N–H and O–H groups in total. The summed E-state index contributed by atoms with van der Waals surface area (Å²) >= 11 is 0. The monoisotopic (exact) mass is 328 g/mol. The van der Waals surface area contributed by atoms with Crippen LogP contribution < -0.4 is 14.8 Å². The molecule has 2 aromatic carbocycles. The normalized spacial score (nSPS) is 10.5. The summed E-state index contributed by atoms with van der Waals surface area (Å²) in [6.45, 7) is 1.75. The van der Waals surface area contributed by atoms with Crippen LogP contribution in [0.5, 0.6) is 11.5 Å². The Morgan fingerprint density at radius 1 is 1.12 bits per heavy atom. The molecule has 0 aliphatic heterocycles. The molecule has 6 nitrogen and oxygen atoms in total. The van der Waals surface area contributed by atoms with Gasteiger partial charge in [0.25, 0.3) is 5.91 Å². The second-order valence-corrected chi connectivity index (χ2v) is 4.99. The maximum Gasteiger partial charge on any atom is 0.265 e. The third-order valence-electron chi connectivity index (χ3n) is 3.30. The highest BCUT2D eigenvalue weighted by Crippen LogP contribution is 2.26. The van der Waals surface area contributed by atoms with Crippen molar-refractivity contribution in [1.29, 1.82) is 0 Å². The first-order valence-electron chi connectivity index (χ1n) is 7.37. The number of nitrogens with zero attached hydrogens (tertiary/aromatic N) is 1. The summed E-state index contributed by atoms with van der Waals surface area (Å²) in [5, 5.41) is 6.56. The molecule has 24 heavy (non-hydrogen) atoms. The van der Waals surface area contributed by atoms with Gasteiger partial charge in [-0.15, -0.1) is 0 Å². The molecule has 0 saturated heterocycles. The Hall–Kier alpha value is -3.02. The maximum atomic E-state index is 11.8. The third-order valence-corrected chi connectivity index (χ3v) is 3.30. The number of nitrogens with one attached hydrogen (secondary N) is 1. The number of carbonyl (C=O) groups excluding carboxylic acids is 1. The molecule has 0 bridgehead atoms. The van der Waals surface area contributed by atoms with Gasteiger partial charge in [0.1, 0.15) is 0 Å². The van der Waals surface area contributed by atoms with Crippen LogP contribution in [0.2, 0.25) is 0 Å². The van der Waals surface area contributed by atoms with E-state index in [0.717, 1.165) is 16.8 Å². The number of anilines is 1. The summed E-state index contributed by atoms with van der Waals surface area (Å²) in [5.74, 6) is 0.959. The molecule has 0 aliphatic carbocycles. The predicted octanol–water partition coefficient (Wildman–Crippen LogP) is 3.00. The number of para-hydroxylation sites is 1. The van der Waals surface area contributed by atoms with Gasteiger partial charge in [0.05, 0.1) is 20.4 Å². The molecule has 2 aromatic rings. The molecule has 0 unspecified atom stereocenters. The highest BCUT2D eigenvalue weighted by atomic mass is 16.6. The van der Waals surface area contributed by atoms with Crippen molar-refractivity contribution in [2.75, 3.05) is 26.1 Å². The molecular formula is C18H20N2O4. The second-order valence-electron chi connectivity index (χ2n) is 4.99. The molecule has 0 atom stereocenters. The van der Waals surface area contributed by atoms with Crippen molar-refractivity contribution in [3.05, 3.63) is 53.6 Å². The summed E-state index contributed by atoms with van der Waals surface area (Å²) in [6, 6.07) is 12.9. The lowest BCUT2D eigenvalue weighted by atomic mass is 10.2. The van der Waals surface area contributed by atoms with Crippen molar-refractivity contribution < 1.29 is 19.1 Å². The van der Waals surface area contributed by atoms with E-state index >= 15 is 0 Å². The number of hydrogen-bond donors (Lipinski definition) is 1. The fraction of sp³-hybridized carbons (Fsp3) is 0.222. The first kappa shape index (κ1) is 17.3. The highest BCUT2D eigenvalue weighted by Gasteiger charge is 2.05. The van der Waals surface area contributed by atoms with Gasteiger partial charge in [-0.3, -0.25) is 4.79 Å². The number of ether oxygens (including phenoxy) is 2. The van der Waals surface area contributed by atoms with E-state index in [1.54, 1.807) is 26.4 Å². The third kappa shape index (κ3) is 4.74. The maximum absolute atomic E-state index is 11.8. The van der Waals surface area contributed by atoms with E-state index in [4.69, 9.17) is 14.3 Å². The van der Waals surface area contributed by atoms with E-state index in [1.165, 1.54) is 6.21 Å². The number of carbonyl (C=O) groups is 1. The minimum atomic E-state index is -0.270. The molecule has 0 radical (unpaired) electrons. The minimum absolute atomic E-state index is 0.169. The van der Waals surface area contributed by atoms with Gasteiger partial charge in [-0.2, -0.15) is 0 Å². The zero-order chi connectivity index (χ0) is 17.4. The SMILES string of the molecule is COc1ccc(C=NOCC(=O)Nc2ccccc2C)cc1OC. The first-order valence-corrected chi connectivity index (χ1v) is 7.37. The summed E-state index contributed by atoms with van der Waals surface area (Å²) < 4.78 is 10.4. The summed E-state index contributed by atoms with van der Waals surface area (Å²) in [7, 11) is 3.13. The zero-order valence-electron chi connectivity index (χ0n) is 13.9. The van der Waals surface area contributed by atoms with Crippen LogP contribution in [-0.4, -0.2) is 32.9 Å². The molecule has 2 rings (SSSR count). The van der Waals surface area contributed by atoms with Crippen LogP contribution in [0.3, 0.4) is 0 Å². The average molecular weight is 328 g/mol. The molecule has 0 heterocycles. The average Bonchev–Trinajstić information content (AvgIpc) is 2.60. The number of amides is 1. The predicted molar refractivity (Wildman–Crippen MR) is 92.9 cm³/mol. The molecule has 0 saturated carbocycles. The van der Waals surface area contributed by atoms with Crippen molar-refractivity contribution in [3.8, 4) is 11.5 Å². The van der Waals surface area contributed by atoms with Crippen molar-refractivity contribution in [2.24, 2.45) is 5.16 Å². The van der Waals surface area contributed by atoms with Crippen LogP contribution in [0.1, 0.15) is 11.1 Å². The molecule has 6 heteroatoms. The van der Waals surface area contributed by atoms with Gasteiger partial charge < -0.3 is 19.6 Å². The Morgan fingerprint density at radius 2 is 1.88 bits per heavy atom. The highest BCUT2D eigenvalue weighted by molar-refractivity contribution is 5.92.